The van der Waals surface area contributed by atoms with Crippen LogP contribution < -0.4 is 5.73 Å². The molecule has 0 aliphatic carbocycles. The summed E-state index contributed by atoms with van der Waals surface area (Å²) in [5.74, 6) is -0.0149. The SMILES string of the molecule is CCOC(=O)C(N)(CSc1nccs1)c1ccccc1. The fourth-order valence-corrected chi connectivity index (χ4v) is 3.46. The molecule has 1 heterocycles. The van der Waals surface area contributed by atoms with Gasteiger partial charge in [0, 0.05) is 17.3 Å². The van der Waals surface area contributed by atoms with Gasteiger partial charge in [0.2, 0.25) is 0 Å². The van der Waals surface area contributed by atoms with Crippen molar-refractivity contribution in [3.63, 3.8) is 0 Å². The normalized spacial score (nSPS) is 13.7. The highest BCUT2D eigenvalue weighted by Gasteiger charge is 2.37. The highest BCUT2D eigenvalue weighted by molar-refractivity contribution is 8.01. The van der Waals surface area contributed by atoms with Gasteiger partial charge in [-0.25, -0.2) is 9.78 Å². The molecule has 2 N–H and O–H groups in total. The predicted octanol–water partition coefficient (Wildman–Crippen LogP) is 2.65. The second kappa shape index (κ2) is 6.88. The Morgan fingerprint density at radius 2 is 2.20 bits per heavy atom. The van der Waals surface area contributed by atoms with E-state index in [1.165, 1.54) is 23.1 Å². The minimum Gasteiger partial charge on any atom is -0.464 e. The van der Waals surface area contributed by atoms with Crippen LogP contribution in [0.3, 0.4) is 0 Å². The molecule has 0 radical (unpaired) electrons. The van der Waals surface area contributed by atoms with E-state index in [0.29, 0.717) is 12.4 Å². The Morgan fingerprint density at radius 3 is 2.80 bits per heavy atom. The Balaban J connectivity index is 2.22. The molecule has 1 unspecified atom stereocenters. The molecular weight excluding hydrogens is 292 g/mol. The molecule has 0 spiro atoms. The van der Waals surface area contributed by atoms with Gasteiger partial charge in [-0.15, -0.1) is 11.3 Å². The number of esters is 1. The molecule has 2 aromatic rings. The quantitative estimate of drug-likeness (QED) is 0.656. The van der Waals surface area contributed by atoms with Crippen molar-refractivity contribution < 1.29 is 9.53 Å². The Bertz CT molecular complexity index is 546. The predicted molar refractivity (Wildman–Crippen MR) is 81.8 cm³/mol. The van der Waals surface area contributed by atoms with Crippen LogP contribution in [0.1, 0.15) is 12.5 Å². The van der Waals surface area contributed by atoms with Gasteiger partial charge in [-0.2, -0.15) is 0 Å². The van der Waals surface area contributed by atoms with Crippen molar-refractivity contribution in [3.05, 3.63) is 47.5 Å². The lowest BCUT2D eigenvalue weighted by Gasteiger charge is -2.26. The molecule has 2 rings (SSSR count). The lowest BCUT2D eigenvalue weighted by molar-refractivity contribution is -0.149. The van der Waals surface area contributed by atoms with E-state index in [9.17, 15) is 4.79 Å². The van der Waals surface area contributed by atoms with E-state index in [-0.39, 0.29) is 0 Å². The number of hydrogen-bond acceptors (Lipinski definition) is 6. The number of nitrogens with zero attached hydrogens (tertiary/aromatic N) is 1. The summed E-state index contributed by atoms with van der Waals surface area (Å²) >= 11 is 2.99. The number of benzene rings is 1. The van der Waals surface area contributed by atoms with Crippen molar-refractivity contribution in [1.29, 1.82) is 0 Å². The van der Waals surface area contributed by atoms with Crippen LogP contribution in [0.15, 0.2) is 46.2 Å². The van der Waals surface area contributed by atoms with Gasteiger partial charge < -0.3 is 10.5 Å². The maximum absolute atomic E-state index is 12.2. The van der Waals surface area contributed by atoms with Crippen LogP contribution in [0, 0.1) is 0 Å². The zero-order valence-electron chi connectivity index (χ0n) is 11.1. The highest BCUT2D eigenvalue weighted by Crippen LogP contribution is 2.30. The summed E-state index contributed by atoms with van der Waals surface area (Å²) in [5.41, 5.74) is 5.94. The zero-order chi connectivity index (χ0) is 14.4. The third-order valence-electron chi connectivity index (χ3n) is 2.76. The van der Waals surface area contributed by atoms with Crippen LogP contribution in [0.4, 0.5) is 0 Å². The lowest BCUT2D eigenvalue weighted by Crippen LogP contribution is -2.48. The van der Waals surface area contributed by atoms with Crippen molar-refractivity contribution >= 4 is 29.1 Å². The van der Waals surface area contributed by atoms with Gasteiger partial charge in [-0.05, 0) is 12.5 Å². The first kappa shape index (κ1) is 15.0. The molecule has 1 aromatic heterocycles. The summed E-state index contributed by atoms with van der Waals surface area (Å²) in [5, 5.41) is 1.90. The summed E-state index contributed by atoms with van der Waals surface area (Å²) in [6.07, 6.45) is 1.73. The van der Waals surface area contributed by atoms with E-state index in [1.807, 2.05) is 35.7 Å². The number of rotatable bonds is 6. The summed E-state index contributed by atoms with van der Waals surface area (Å²) in [6, 6.07) is 9.32. The first-order valence-electron chi connectivity index (χ1n) is 6.20. The van der Waals surface area contributed by atoms with Crippen LogP contribution in [0.2, 0.25) is 0 Å². The van der Waals surface area contributed by atoms with E-state index in [2.05, 4.69) is 4.98 Å². The largest absolute Gasteiger partial charge is 0.464 e. The summed E-state index contributed by atoms with van der Waals surface area (Å²) in [6.45, 7) is 2.09. The van der Waals surface area contributed by atoms with Gasteiger partial charge >= 0.3 is 5.97 Å². The lowest BCUT2D eigenvalue weighted by atomic mass is 9.93. The van der Waals surface area contributed by atoms with Crippen LogP contribution >= 0.6 is 23.1 Å². The van der Waals surface area contributed by atoms with Crippen molar-refractivity contribution in [2.45, 2.75) is 16.8 Å². The third-order valence-corrected chi connectivity index (χ3v) is 4.92. The maximum Gasteiger partial charge on any atom is 0.331 e. The zero-order valence-corrected chi connectivity index (χ0v) is 12.7. The summed E-state index contributed by atoms with van der Waals surface area (Å²) in [7, 11) is 0. The third kappa shape index (κ3) is 3.39. The van der Waals surface area contributed by atoms with Crippen LogP contribution in [-0.4, -0.2) is 23.3 Å². The summed E-state index contributed by atoms with van der Waals surface area (Å²) < 4.78 is 6.03. The molecule has 106 valence electrons. The number of carbonyl (C=O) groups is 1. The van der Waals surface area contributed by atoms with Crippen molar-refractivity contribution in [2.24, 2.45) is 5.73 Å². The van der Waals surface area contributed by atoms with E-state index in [4.69, 9.17) is 10.5 Å². The molecule has 4 nitrogen and oxygen atoms in total. The van der Waals surface area contributed by atoms with Crippen LogP contribution in [-0.2, 0) is 15.1 Å². The van der Waals surface area contributed by atoms with Gasteiger partial charge in [-0.1, -0.05) is 42.1 Å². The molecule has 0 amide bonds. The number of hydrogen-bond donors (Lipinski definition) is 1. The Kier molecular flexibility index (Phi) is 5.17. The Morgan fingerprint density at radius 1 is 1.45 bits per heavy atom. The van der Waals surface area contributed by atoms with E-state index >= 15 is 0 Å². The number of thiazole rings is 1. The van der Waals surface area contributed by atoms with E-state index < -0.39 is 11.5 Å². The monoisotopic (exact) mass is 308 g/mol. The number of aromatic nitrogens is 1. The van der Waals surface area contributed by atoms with Crippen molar-refractivity contribution in [3.8, 4) is 0 Å². The molecule has 0 aliphatic rings. The highest BCUT2D eigenvalue weighted by atomic mass is 32.2. The second-order valence-corrected chi connectivity index (χ2v) is 6.26. The van der Waals surface area contributed by atoms with E-state index in [0.717, 1.165) is 9.90 Å². The molecule has 1 atom stereocenters. The van der Waals surface area contributed by atoms with Crippen LogP contribution in [0.25, 0.3) is 0 Å². The van der Waals surface area contributed by atoms with Gasteiger partial charge in [0.1, 0.15) is 9.88 Å². The van der Waals surface area contributed by atoms with Gasteiger partial charge in [0.15, 0.2) is 0 Å². The van der Waals surface area contributed by atoms with Crippen molar-refractivity contribution in [2.75, 3.05) is 12.4 Å². The van der Waals surface area contributed by atoms with E-state index in [1.54, 1.807) is 13.1 Å². The number of carbonyl (C=O) groups excluding carboxylic acids is 1. The molecule has 0 aliphatic heterocycles. The maximum atomic E-state index is 12.2. The molecule has 0 saturated carbocycles. The Hall–Kier alpha value is -1.37. The minimum absolute atomic E-state index is 0.312. The molecular formula is C14H16N2O2S2. The average molecular weight is 308 g/mol. The standard InChI is InChI=1S/C14H16N2O2S2/c1-2-18-12(17)14(15,11-6-4-3-5-7-11)10-20-13-16-8-9-19-13/h3-9H,2,10,15H2,1H3. The average Bonchev–Trinajstić information content (AvgIpc) is 2.99. The summed E-state index contributed by atoms with van der Waals surface area (Å²) in [4.78, 5) is 16.4. The van der Waals surface area contributed by atoms with Crippen molar-refractivity contribution in [1.82, 2.24) is 4.98 Å². The van der Waals surface area contributed by atoms with Gasteiger partial charge in [0.25, 0.3) is 0 Å². The fourth-order valence-electron chi connectivity index (χ4n) is 1.71. The topological polar surface area (TPSA) is 65.2 Å². The molecule has 20 heavy (non-hydrogen) atoms. The molecule has 1 aromatic carbocycles. The first-order chi connectivity index (χ1) is 9.66. The minimum atomic E-state index is -1.16. The second-order valence-electron chi connectivity index (χ2n) is 4.14. The molecule has 0 saturated heterocycles. The fraction of sp³-hybridized carbons (Fsp3) is 0.286. The Labute approximate surface area is 126 Å². The molecule has 0 bridgehead atoms. The van der Waals surface area contributed by atoms with Gasteiger partial charge in [-0.3, -0.25) is 0 Å². The number of thioether (sulfide) groups is 1. The molecule has 6 heteroatoms. The van der Waals surface area contributed by atoms with Crippen LogP contribution in [0.5, 0.6) is 0 Å². The number of ether oxygens (including phenoxy) is 1. The smallest absolute Gasteiger partial charge is 0.331 e. The first-order valence-corrected chi connectivity index (χ1v) is 8.07. The number of nitrogens with two attached hydrogens (primary N) is 1. The molecule has 0 fully saturated rings. The van der Waals surface area contributed by atoms with Gasteiger partial charge in [0.05, 0.1) is 6.61 Å².